The van der Waals surface area contributed by atoms with Crippen molar-refractivity contribution in [1.82, 2.24) is 19.5 Å². The van der Waals surface area contributed by atoms with Crippen LogP contribution in [0, 0.1) is 0 Å². The summed E-state index contributed by atoms with van der Waals surface area (Å²) in [5.41, 5.74) is 8.01. The van der Waals surface area contributed by atoms with Gasteiger partial charge in [0.1, 0.15) is 22.8 Å². The lowest BCUT2D eigenvalue weighted by molar-refractivity contribution is 1.06. The van der Waals surface area contributed by atoms with Crippen LogP contribution in [0.5, 0.6) is 0 Å². The molecular weight excluding hydrogens is 238 g/mol. The van der Waals surface area contributed by atoms with Gasteiger partial charge in [-0.25, -0.2) is 15.0 Å². The van der Waals surface area contributed by atoms with Crippen molar-refractivity contribution in [2.45, 2.75) is 0 Å². The summed E-state index contributed by atoms with van der Waals surface area (Å²) in [5.74, 6) is 0.458. The summed E-state index contributed by atoms with van der Waals surface area (Å²) in [7, 11) is 0. The van der Waals surface area contributed by atoms with Crippen molar-refractivity contribution in [1.29, 1.82) is 0 Å². The standard InChI is InChI=1S/C11H8ClN5/c12-9-5-7(3-4-14-9)17-6-15-8-1-2-10(13)16-11(8)17/h1-6H,(H2,13,16). The predicted octanol–water partition coefficient (Wildman–Crippen LogP) is 2.05. The van der Waals surface area contributed by atoms with Crippen molar-refractivity contribution >= 4 is 28.6 Å². The molecule has 0 fully saturated rings. The Kier molecular flexibility index (Phi) is 2.19. The van der Waals surface area contributed by atoms with Crippen molar-refractivity contribution in [2.75, 3.05) is 5.73 Å². The molecule has 3 rings (SSSR count). The second kappa shape index (κ2) is 3.71. The number of pyridine rings is 2. The lowest BCUT2D eigenvalue weighted by Gasteiger charge is -2.03. The molecule has 6 heteroatoms. The molecule has 0 aromatic carbocycles. The molecule has 0 aliphatic carbocycles. The van der Waals surface area contributed by atoms with E-state index in [9.17, 15) is 0 Å². The third-order valence-corrected chi connectivity index (χ3v) is 2.61. The molecule has 3 aromatic rings. The molecule has 0 bridgehead atoms. The summed E-state index contributed by atoms with van der Waals surface area (Å²) in [6, 6.07) is 7.13. The zero-order valence-corrected chi connectivity index (χ0v) is 9.46. The van der Waals surface area contributed by atoms with E-state index < -0.39 is 0 Å². The average molecular weight is 246 g/mol. The van der Waals surface area contributed by atoms with Gasteiger partial charge < -0.3 is 5.73 Å². The number of aromatic nitrogens is 4. The fourth-order valence-electron chi connectivity index (χ4n) is 1.64. The van der Waals surface area contributed by atoms with Crippen molar-refractivity contribution in [3.05, 3.63) is 41.9 Å². The second-order valence-electron chi connectivity index (χ2n) is 3.53. The number of rotatable bonds is 1. The fourth-order valence-corrected chi connectivity index (χ4v) is 1.81. The van der Waals surface area contributed by atoms with Crippen LogP contribution in [0.25, 0.3) is 16.9 Å². The minimum atomic E-state index is 0.424. The van der Waals surface area contributed by atoms with Crippen molar-refractivity contribution < 1.29 is 0 Å². The molecule has 0 amide bonds. The maximum absolute atomic E-state index is 5.85. The first-order chi connectivity index (χ1) is 8.24. The molecule has 0 saturated carbocycles. The molecule has 5 nitrogen and oxygen atoms in total. The fraction of sp³-hybridized carbons (Fsp3) is 0. The number of nitrogen functional groups attached to an aromatic ring is 1. The predicted molar refractivity (Wildman–Crippen MR) is 66.1 cm³/mol. The van der Waals surface area contributed by atoms with Gasteiger partial charge in [0.25, 0.3) is 0 Å². The van der Waals surface area contributed by atoms with Gasteiger partial charge in [-0.3, -0.25) is 4.57 Å². The normalized spacial score (nSPS) is 10.9. The maximum atomic E-state index is 5.85. The molecule has 0 radical (unpaired) electrons. The van der Waals surface area contributed by atoms with Gasteiger partial charge in [0, 0.05) is 6.20 Å². The van der Waals surface area contributed by atoms with E-state index in [0.717, 1.165) is 11.2 Å². The van der Waals surface area contributed by atoms with Crippen LogP contribution in [0.15, 0.2) is 36.8 Å². The SMILES string of the molecule is Nc1ccc2ncn(-c3ccnc(Cl)c3)c2n1. The number of hydrogen-bond donors (Lipinski definition) is 1. The van der Waals surface area contributed by atoms with E-state index in [4.69, 9.17) is 17.3 Å². The Bertz CT molecular complexity index is 691. The topological polar surface area (TPSA) is 69.6 Å². The van der Waals surface area contributed by atoms with Crippen LogP contribution in [0.2, 0.25) is 5.15 Å². The molecule has 0 atom stereocenters. The van der Waals surface area contributed by atoms with E-state index in [1.54, 1.807) is 24.7 Å². The quantitative estimate of drug-likeness (QED) is 0.666. The van der Waals surface area contributed by atoms with Crippen molar-refractivity contribution in [2.24, 2.45) is 0 Å². The zero-order chi connectivity index (χ0) is 11.8. The Morgan fingerprint density at radius 3 is 2.88 bits per heavy atom. The summed E-state index contributed by atoms with van der Waals surface area (Å²) in [6.45, 7) is 0. The van der Waals surface area contributed by atoms with Crippen molar-refractivity contribution in [3.63, 3.8) is 0 Å². The van der Waals surface area contributed by atoms with E-state index in [0.29, 0.717) is 16.6 Å². The Morgan fingerprint density at radius 1 is 1.18 bits per heavy atom. The molecular formula is C11H8ClN5. The van der Waals surface area contributed by atoms with Crippen LogP contribution in [-0.2, 0) is 0 Å². The summed E-state index contributed by atoms with van der Waals surface area (Å²) >= 11 is 5.85. The third-order valence-electron chi connectivity index (χ3n) is 2.40. The molecule has 0 spiro atoms. The summed E-state index contributed by atoms with van der Waals surface area (Å²) in [6.07, 6.45) is 3.32. The minimum absolute atomic E-state index is 0.424. The van der Waals surface area contributed by atoms with Crippen molar-refractivity contribution in [3.8, 4) is 5.69 Å². The number of nitrogens with zero attached hydrogens (tertiary/aromatic N) is 4. The molecule has 84 valence electrons. The van der Waals surface area contributed by atoms with Gasteiger partial charge >= 0.3 is 0 Å². The lowest BCUT2D eigenvalue weighted by atomic mass is 10.4. The number of imidazole rings is 1. The van der Waals surface area contributed by atoms with Crippen LogP contribution >= 0.6 is 11.6 Å². The summed E-state index contributed by atoms with van der Waals surface area (Å²) in [5, 5.41) is 0.424. The number of nitrogens with two attached hydrogens (primary N) is 1. The Labute approximate surface area is 102 Å². The molecule has 0 aliphatic heterocycles. The van der Waals surface area contributed by atoms with Gasteiger partial charge in [0.05, 0.1) is 5.69 Å². The average Bonchev–Trinajstić information content (AvgIpc) is 2.71. The number of hydrogen-bond acceptors (Lipinski definition) is 4. The Morgan fingerprint density at radius 2 is 2.06 bits per heavy atom. The molecule has 2 N–H and O–H groups in total. The molecule has 17 heavy (non-hydrogen) atoms. The van der Waals surface area contributed by atoms with Crippen LogP contribution in [-0.4, -0.2) is 19.5 Å². The summed E-state index contributed by atoms with van der Waals surface area (Å²) in [4.78, 5) is 12.4. The largest absolute Gasteiger partial charge is 0.384 e. The van der Waals surface area contributed by atoms with Crippen LogP contribution < -0.4 is 5.73 Å². The van der Waals surface area contributed by atoms with Gasteiger partial charge in [0.2, 0.25) is 0 Å². The van der Waals surface area contributed by atoms with E-state index >= 15 is 0 Å². The highest BCUT2D eigenvalue weighted by molar-refractivity contribution is 6.29. The maximum Gasteiger partial charge on any atom is 0.166 e. The molecule has 3 aromatic heterocycles. The van der Waals surface area contributed by atoms with E-state index in [-0.39, 0.29) is 0 Å². The Hall–Kier alpha value is -2.14. The molecule has 0 saturated heterocycles. The first-order valence-corrected chi connectivity index (χ1v) is 5.33. The van der Waals surface area contributed by atoms with Crippen LogP contribution in [0.1, 0.15) is 0 Å². The molecule has 0 unspecified atom stereocenters. The number of fused-ring (bicyclic) bond motifs is 1. The van der Waals surface area contributed by atoms with Gasteiger partial charge in [-0.05, 0) is 24.3 Å². The lowest BCUT2D eigenvalue weighted by Crippen LogP contribution is -1.96. The monoisotopic (exact) mass is 245 g/mol. The summed E-state index contributed by atoms with van der Waals surface area (Å²) < 4.78 is 1.82. The highest BCUT2D eigenvalue weighted by Gasteiger charge is 2.06. The minimum Gasteiger partial charge on any atom is -0.384 e. The smallest absolute Gasteiger partial charge is 0.166 e. The first-order valence-electron chi connectivity index (χ1n) is 4.95. The number of anilines is 1. The highest BCUT2D eigenvalue weighted by Crippen LogP contribution is 2.18. The van der Waals surface area contributed by atoms with Gasteiger partial charge in [0.15, 0.2) is 5.65 Å². The third kappa shape index (κ3) is 1.70. The first kappa shape index (κ1) is 10.0. The van der Waals surface area contributed by atoms with Gasteiger partial charge in [-0.2, -0.15) is 0 Å². The molecule has 3 heterocycles. The zero-order valence-electron chi connectivity index (χ0n) is 8.71. The molecule has 0 aliphatic rings. The van der Waals surface area contributed by atoms with Gasteiger partial charge in [-0.1, -0.05) is 11.6 Å². The van der Waals surface area contributed by atoms with E-state index in [2.05, 4.69) is 15.0 Å². The second-order valence-corrected chi connectivity index (χ2v) is 3.92. The van der Waals surface area contributed by atoms with Crippen LogP contribution in [0.4, 0.5) is 5.82 Å². The van der Waals surface area contributed by atoms with E-state index in [1.165, 1.54) is 0 Å². The Balaban J connectivity index is 2.27. The number of halogens is 1. The van der Waals surface area contributed by atoms with E-state index in [1.807, 2.05) is 16.7 Å². The highest BCUT2D eigenvalue weighted by atomic mass is 35.5. The van der Waals surface area contributed by atoms with Crippen LogP contribution in [0.3, 0.4) is 0 Å². The van der Waals surface area contributed by atoms with Gasteiger partial charge in [-0.15, -0.1) is 0 Å².